The first kappa shape index (κ1) is 11.2. The van der Waals surface area contributed by atoms with Crippen molar-refractivity contribution in [1.29, 1.82) is 0 Å². The van der Waals surface area contributed by atoms with Gasteiger partial charge in [-0.1, -0.05) is 29.3 Å². The molecule has 4 heteroatoms. The molecule has 0 amide bonds. The molecule has 0 saturated carbocycles. The number of halogens is 2. The Hall–Kier alpha value is -1.25. The first-order chi connectivity index (χ1) is 7.58. The molecule has 1 aromatic carbocycles. The van der Waals surface area contributed by atoms with Crippen molar-refractivity contribution in [2.45, 2.75) is 6.92 Å². The van der Waals surface area contributed by atoms with Crippen LogP contribution < -0.4 is 5.73 Å². The van der Waals surface area contributed by atoms with E-state index in [2.05, 4.69) is 4.98 Å². The molecule has 0 unspecified atom stereocenters. The van der Waals surface area contributed by atoms with Crippen molar-refractivity contribution in [2.24, 2.45) is 0 Å². The molecule has 82 valence electrons. The molecule has 0 radical (unpaired) electrons. The van der Waals surface area contributed by atoms with E-state index in [4.69, 9.17) is 28.9 Å². The van der Waals surface area contributed by atoms with Crippen LogP contribution in [0.5, 0.6) is 0 Å². The van der Waals surface area contributed by atoms with Crippen molar-refractivity contribution in [3.63, 3.8) is 0 Å². The minimum absolute atomic E-state index is 0.526. The molecule has 2 aromatic rings. The summed E-state index contributed by atoms with van der Waals surface area (Å²) in [5.74, 6) is 0. The molecule has 2 nitrogen and oxygen atoms in total. The summed E-state index contributed by atoms with van der Waals surface area (Å²) >= 11 is 11.8. The van der Waals surface area contributed by atoms with Crippen LogP contribution in [-0.2, 0) is 0 Å². The van der Waals surface area contributed by atoms with Crippen LogP contribution >= 0.6 is 23.2 Å². The maximum atomic E-state index is 5.95. The molecular formula is C12H10Cl2N2. The van der Waals surface area contributed by atoms with Gasteiger partial charge >= 0.3 is 0 Å². The van der Waals surface area contributed by atoms with Crippen LogP contribution in [-0.4, -0.2) is 4.98 Å². The number of nitrogen functional groups attached to an aromatic ring is 1. The Balaban J connectivity index is 2.50. The van der Waals surface area contributed by atoms with Gasteiger partial charge in [0.25, 0.3) is 0 Å². The van der Waals surface area contributed by atoms with E-state index < -0.39 is 0 Å². The Morgan fingerprint density at radius 3 is 2.44 bits per heavy atom. The number of hydrogen-bond donors (Lipinski definition) is 1. The average Bonchev–Trinajstić information content (AvgIpc) is 2.26. The smallest absolute Gasteiger partial charge is 0.0602 e. The number of nitrogens with zero attached hydrogens (tertiary/aromatic N) is 1. The Labute approximate surface area is 104 Å². The maximum Gasteiger partial charge on any atom is 0.0602 e. The van der Waals surface area contributed by atoms with Gasteiger partial charge in [0.1, 0.15) is 0 Å². The van der Waals surface area contributed by atoms with Gasteiger partial charge in [0.2, 0.25) is 0 Å². The lowest BCUT2D eigenvalue weighted by Gasteiger charge is -2.05. The molecule has 1 aromatic heterocycles. The first-order valence-electron chi connectivity index (χ1n) is 4.75. The quantitative estimate of drug-likeness (QED) is 0.835. The van der Waals surface area contributed by atoms with Crippen LogP contribution in [0, 0.1) is 6.92 Å². The van der Waals surface area contributed by atoms with Crippen molar-refractivity contribution in [3.05, 3.63) is 46.2 Å². The van der Waals surface area contributed by atoms with E-state index in [1.165, 1.54) is 0 Å². The van der Waals surface area contributed by atoms with Crippen molar-refractivity contribution in [1.82, 2.24) is 4.98 Å². The van der Waals surface area contributed by atoms with Crippen LogP contribution in [0.3, 0.4) is 0 Å². The highest BCUT2D eigenvalue weighted by Gasteiger charge is 2.04. The van der Waals surface area contributed by atoms with Crippen molar-refractivity contribution >= 4 is 28.9 Å². The summed E-state index contributed by atoms with van der Waals surface area (Å²) in [6.07, 6.45) is 1.77. The van der Waals surface area contributed by atoms with Gasteiger partial charge in [-0.05, 0) is 30.7 Å². The van der Waals surface area contributed by atoms with Crippen molar-refractivity contribution in [3.8, 4) is 11.1 Å². The minimum atomic E-state index is 0.526. The van der Waals surface area contributed by atoms with Gasteiger partial charge in [-0.15, -0.1) is 0 Å². The zero-order valence-electron chi connectivity index (χ0n) is 8.67. The lowest BCUT2D eigenvalue weighted by atomic mass is 10.1. The summed E-state index contributed by atoms with van der Waals surface area (Å²) in [6.45, 7) is 1.87. The Morgan fingerprint density at radius 1 is 1.06 bits per heavy atom. The van der Waals surface area contributed by atoms with Crippen LogP contribution in [0.4, 0.5) is 5.69 Å². The molecule has 0 aliphatic rings. The average molecular weight is 253 g/mol. The third kappa shape index (κ3) is 2.13. The number of hydrogen-bond acceptors (Lipinski definition) is 2. The van der Waals surface area contributed by atoms with Gasteiger partial charge in [0, 0.05) is 11.8 Å². The fraction of sp³-hybridized carbons (Fsp3) is 0.0833. The van der Waals surface area contributed by atoms with E-state index >= 15 is 0 Å². The summed E-state index contributed by atoms with van der Waals surface area (Å²) in [6, 6.07) is 7.33. The molecule has 0 aliphatic heterocycles. The highest BCUT2D eigenvalue weighted by Crippen LogP contribution is 2.29. The monoisotopic (exact) mass is 252 g/mol. The molecule has 0 aliphatic carbocycles. The number of aromatic nitrogens is 1. The third-order valence-corrected chi connectivity index (χ3v) is 3.12. The SMILES string of the molecule is Cc1ncc(-c2ccc(Cl)c(Cl)c2)cc1N. The van der Waals surface area contributed by atoms with Gasteiger partial charge in [0.05, 0.1) is 21.4 Å². The normalized spacial score (nSPS) is 10.4. The summed E-state index contributed by atoms with van der Waals surface area (Å²) in [5.41, 5.74) is 9.18. The summed E-state index contributed by atoms with van der Waals surface area (Å²) in [7, 11) is 0. The second kappa shape index (κ2) is 4.32. The van der Waals surface area contributed by atoms with Crippen LogP contribution in [0.25, 0.3) is 11.1 Å². The van der Waals surface area contributed by atoms with Crippen LogP contribution in [0.2, 0.25) is 10.0 Å². The second-order valence-electron chi connectivity index (χ2n) is 3.53. The van der Waals surface area contributed by atoms with Gasteiger partial charge in [-0.3, -0.25) is 4.98 Å². The van der Waals surface area contributed by atoms with Crippen molar-refractivity contribution < 1.29 is 0 Å². The number of pyridine rings is 1. The fourth-order valence-corrected chi connectivity index (χ4v) is 1.68. The standard InChI is InChI=1S/C12H10Cl2N2/c1-7-12(15)5-9(6-16-7)8-2-3-10(13)11(14)4-8/h2-6H,15H2,1H3. The first-order valence-corrected chi connectivity index (χ1v) is 5.51. The zero-order valence-corrected chi connectivity index (χ0v) is 10.2. The van der Waals surface area contributed by atoms with E-state index in [9.17, 15) is 0 Å². The van der Waals surface area contributed by atoms with Gasteiger partial charge in [-0.2, -0.15) is 0 Å². The van der Waals surface area contributed by atoms with E-state index in [1.54, 1.807) is 18.3 Å². The van der Waals surface area contributed by atoms with Crippen LogP contribution in [0.1, 0.15) is 5.69 Å². The number of rotatable bonds is 1. The maximum absolute atomic E-state index is 5.95. The van der Waals surface area contributed by atoms with Gasteiger partial charge in [0.15, 0.2) is 0 Å². The highest BCUT2D eigenvalue weighted by atomic mass is 35.5. The molecule has 0 spiro atoms. The molecule has 1 heterocycles. The number of aryl methyl sites for hydroxylation is 1. The summed E-state index contributed by atoms with van der Waals surface area (Å²) in [4.78, 5) is 4.21. The van der Waals surface area contributed by atoms with E-state index in [0.717, 1.165) is 16.8 Å². The highest BCUT2D eigenvalue weighted by molar-refractivity contribution is 6.42. The molecule has 0 saturated heterocycles. The predicted octanol–water partition coefficient (Wildman–Crippen LogP) is 3.95. The van der Waals surface area contributed by atoms with E-state index in [0.29, 0.717) is 15.7 Å². The topological polar surface area (TPSA) is 38.9 Å². The Kier molecular flexibility index (Phi) is 3.03. The summed E-state index contributed by atoms with van der Waals surface area (Å²) < 4.78 is 0. The second-order valence-corrected chi connectivity index (χ2v) is 4.34. The van der Waals surface area contributed by atoms with Crippen molar-refractivity contribution in [2.75, 3.05) is 5.73 Å². The molecule has 0 fully saturated rings. The molecule has 2 N–H and O–H groups in total. The van der Waals surface area contributed by atoms with E-state index in [-0.39, 0.29) is 0 Å². The molecule has 16 heavy (non-hydrogen) atoms. The predicted molar refractivity (Wildman–Crippen MR) is 68.8 cm³/mol. The lowest BCUT2D eigenvalue weighted by Crippen LogP contribution is -1.93. The Bertz CT molecular complexity index is 489. The lowest BCUT2D eigenvalue weighted by molar-refractivity contribution is 1.21. The van der Waals surface area contributed by atoms with Gasteiger partial charge < -0.3 is 5.73 Å². The van der Waals surface area contributed by atoms with Gasteiger partial charge in [-0.25, -0.2) is 0 Å². The molecule has 0 atom stereocenters. The van der Waals surface area contributed by atoms with Crippen LogP contribution in [0.15, 0.2) is 30.5 Å². The van der Waals surface area contributed by atoms with E-state index in [1.807, 2.05) is 19.1 Å². The molecular weight excluding hydrogens is 243 g/mol. The third-order valence-electron chi connectivity index (χ3n) is 2.38. The Morgan fingerprint density at radius 2 is 1.81 bits per heavy atom. The fourth-order valence-electron chi connectivity index (χ4n) is 1.38. The number of anilines is 1. The summed E-state index contributed by atoms with van der Waals surface area (Å²) in [5, 5.41) is 1.07. The number of nitrogens with two attached hydrogens (primary N) is 1. The molecule has 2 rings (SSSR count). The number of benzene rings is 1. The molecule has 0 bridgehead atoms. The zero-order chi connectivity index (χ0) is 11.7. The largest absolute Gasteiger partial charge is 0.397 e. The minimum Gasteiger partial charge on any atom is -0.397 e.